The number of nitrogens with one attached hydrogen (secondary N) is 3. The normalized spacial score (nSPS) is 17.6. The van der Waals surface area contributed by atoms with Crippen molar-refractivity contribution in [1.29, 1.82) is 0 Å². The van der Waals surface area contributed by atoms with Crippen LogP contribution < -0.4 is 16.1 Å². The zero-order valence-electron chi connectivity index (χ0n) is 20.3. The Morgan fingerprint density at radius 3 is 2.31 bits per heavy atom. The number of aliphatic hydroxyl groups excluding tert-OH is 1. The number of nitrogens with zero attached hydrogens (tertiary/aromatic N) is 1. The molecule has 12 heteroatoms. The molecule has 1 aliphatic heterocycles. The fourth-order valence-electron chi connectivity index (χ4n) is 3.73. The molecule has 12 nitrogen and oxygen atoms in total. The molecule has 0 aliphatic carbocycles. The zero-order valence-corrected chi connectivity index (χ0v) is 20.3. The van der Waals surface area contributed by atoms with Crippen molar-refractivity contribution >= 4 is 29.9 Å². The van der Waals surface area contributed by atoms with E-state index in [1.54, 1.807) is 26.0 Å². The van der Waals surface area contributed by atoms with Crippen molar-refractivity contribution in [1.82, 2.24) is 21.1 Å². The van der Waals surface area contributed by atoms with Gasteiger partial charge in [0, 0.05) is 13.3 Å². The molecule has 2 amide bonds. The van der Waals surface area contributed by atoms with Crippen LogP contribution in [0, 0.1) is 5.92 Å². The number of hydrogen-bond acceptors (Lipinski definition) is 9. The summed E-state index contributed by atoms with van der Waals surface area (Å²) in [4.78, 5) is 60.6. The summed E-state index contributed by atoms with van der Waals surface area (Å²) < 4.78 is 0. The van der Waals surface area contributed by atoms with Crippen LogP contribution in [-0.2, 0) is 30.4 Å². The average Bonchev–Trinajstić information content (AvgIpc) is 3.16. The Morgan fingerprint density at radius 2 is 1.78 bits per heavy atom. The zero-order chi connectivity index (χ0) is 27.0. The van der Waals surface area contributed by atoms with Crippen LogP contribution in [0.15, 0.2) is 36.0 Å². The van der Waals surface area contributed by atoms with Crippen LogP contribution in [0.25, 0.3) is 0 Å². The van der Waals surface area contributed by atoms with Crippen molar-refractivity contribution in [2.24, 2.45) is 5.92 Å². The van der Waals surface area contributed by atoms with Gasteiger partial charge < -0.3 is 35.8 Å². The molecule has 36 heavy (non-hydrogen) atoms. The number of aliphatic carboxylic acids is 1. The highest BCUT2D eigenvalue weighted by molar-refractivity contribution is 6.02. The van der Waals surface area contributed by atoms with E-state index >= 15 is 0 Å². The van der Waals surface area contributed by atoms with Crippen LogP contribution in [0.5, 0.6) is 5.75 Å². The Morgan fingerprint density at radius 1 is 1.14 bits per heavy atom. The molecule has 2 rings (SSSR count). The predicted molar refractivity (Wildman–Crippen MR) is 127 cm³/mol. The number of ketones is 1. The van der Waals surface area contributed by atoms with E-state index in [0.717, 1.165) is 0 Å². The number of amides is 2. The molecule has 196 valence electrons. The van der Waals surface area contributed by atoms with Gasteiger partial charge in [0.25, 0.3) is 0 Å². The molecule has 0 bridgehead atoms. The first kappa shape index (κ1) is 28.5. The van der Waals surface area contributed by atoms with Crippen LogP contribution in [0.2, 0.25) is 0 Å². The van der Waals surface area contributed by atoms with Gasteiger partial charge in [-0.3, -0.25) is 19.2 Å². The number of hydrogen-bond donors (Lipinski definition) is 6. The van der Waals surface area contributed by atoms with Crippen molar-refractivity contribution in [2.75, 3.05) is 6.54 Å². The number of hydrazine groups is 1. The number of aromatic hydroxyl groups is 1. The third kappa shape index (κ3) is 8.17. The lowest BCUT2D eigenvalue weighted by Gasteiger charge is -2.30. The number of carboxylic acids is 1. The van der Waals surface area contributed by atoms with E-state index in [4.69, 9.17) is 5.11 Å². The lowest BCUT2D eigenvalue weighted by molar-refractivity contribution is -0.139. The minimum absolute atomic E-state index is 0.0200. The van der Waals surface area contributed by atoms with Gasteiger partial charge in [0.05, 0.1) is 36.9 Å². The first-order chi connectivity index (χ1) is 16.9. The number of phenolic OH excluding ortho intramolecular Hbond substituents is 1. The second kappa shape index (κ2) is 12.8. The molecule has 0 aromatic heterocycles. The number of phenols is 1. The number of carbonyl (C=O) groups excluding carboxylic acids is 4. The highest BCUT2D eigenvalue weighted by atomic mass is 16.4. The maximum atomic E-state index is 13.4. The van der Waals surface area contributed by atoms with Gasteiger partial charge in [0.15, 0.2) is 0 Å². The van der Waals surface area contributed by atoms with E-state index in [1.807, 2.05) is 0 Å². The minimum Gasteiger partial charge on any atom is -0.508 e. The third-order valence-electron chi connectivity index (χ3n) is 5.46. The second-order valence-corrected chi connectivity index (χ2v) is 8.92. The summed E-state index contributed by atoms with van der Waals surface area (Å²) in [6.07, 6.45) is 0.178. The topological polar surface area (TPSA) is 185 Å². The molecule has 1 aliphatic rings. The molecule has 0 radical (unpaired) electrons. The lowest BCUT2D eigenvalue weighted by Crippen LogP contribution is -2.55. The largest absolute Gasteiger partial charge is 0.508 e. The van der Waals surface area contributed by atoms with Gasteiger partial charge in [0.2, 0.25) is 17.6 Å². The van der Waals surface area contributed by atoms with Crippen LogP contribution in [-0.4, -0.2) is 81.0 Å². The molecule has 1 aromatic carbocycles. The molecule has 2 unspecified atom stereocenters. The van der Waals surface area contributed by atoms with Crippen molar-refractivity contribution in [3.8, 4) is 5.75 Å². The van der Waals surface area contributed by atoms with Crippen molar-refractivity contribution in [3.05, 3.63) is 41.6 Å². The van der Waals surface area contributed by atoms with E-state index in [-0.39, 0.29) is 24.4 Å². The minimum atomic E-state index is -1.22. The van der Waals surface area contributed by atoms with E-state index in [1.165, 1.54) is 30.1 Å². The molecule has 0 saturated carbocycles. The fraction of sp³-hybridized carbons (Fsp3) is 0.458. The Kier molecular flexibility index (Phi) is 10.1. The monoisotopic (exact) mass is 504 g/mol. The molecule has 1 aromatic rings. The number of aliphatic hydroxyl groups is 1. The molecule has 4 atom stereocenters. The van der Waals surface area contributed by atoms with Gasteiger partial charge in [0.1, 0.15) is 18.1 Å². The van der Waals surface area contributed by atoms with E-state index < -0.39 is 60.1 Å². The van der Waals surface area contributed by atoms with Crippen molar-refractivity contribution in [2.45, 2.75) is 57.8 Å². The summed E-state index contributed by atoms with van der Waals surface area (Å²) in [6.45, 7) is 4.58. The van der Waals surface area contributed by atoms with E-state index in [9.17, 15) is 34.2 Å². The smallest absolute Gasteiger partial charge is 0.305 e. The number of rotatable bonds is 13. The number of aldehydes is 1. The van der Waals surface area contributed by atoms with Crippen LogP contribution in [0.3, 0.4) is 0 Å². The second-order valence-electron chi connectivity index (χ2n) is 8.92. The maximum absolute atomic E-state index is 13.4. The van der Waals surface area contributed by atoms with Crippen LogP contribution in [0.1, 0.15) is 32.8 Å². The summed E-state index contributed by atoms with van der Waals surface area (Å²) in [6, 6.07) is 2.93. The third-order valence-corrected chi connectivity index (χ3v) is 5.46. The first-order valence-electron chi connectivity index (χ1n) is 11.4. The summed E-state index contributed by atoms with van der Waals surface area (Å²) >= 11 is 0. The number of carboxylic acid groups (broad SMARTS) is 1. The Bertz CT molecular complexity index is 1010. The van der Waals surface area contributed by atoms with Crippen molar-refractivity contribution < 1.29 is 39.3 Å². The SMILES string of the molecule is CC(=O)N[C@@H](Cc1ccc(O)cc1)C(=O)N[C@H](C(=O)C1=CC(O)CN1NC(C=O)CC(=O)O)C(C)C. The number of carbonyl (C=O) groups is 5. The highest BCUT2D eigenvalue weighted by Crippen LogP contribution is 2.20. The van der Waals surface area contributed by atoms with Gasteiger partial charge in [-0.1, -0.05) is 26.0 Å². The Hall–Kier alpha value is -3.77. The molecule has 1 heterocycles. The lowest BCUT2D eigenvalue weighted by atomic mass is 9.96. The maximum Gasteiger partial charge on any atom is 0.305 e. The average molecular weight is 505 g/mol. The summed E-state index contributed by atoms with van der Waals surface area (Å²) in [5.41, 5.74) is 3.29. The first-order valence-corrected chi connectivity index (χ1v) is 11.4. The number of Topliss-reactive ketones (excluding diaryl/α,β-unsaturated/α-hetero) is 1. The highest BCUT2D eigenvalue weighted by Gasteiger charge is 2.36. The molecule has 0 spiro atoms. The predicted octanol–water partition coefficient (Wildman–Crippen LogP) is -0.743. The molecule has 0 saturated heterocycles. The molecular weight excluding hydrogens is 472 g/mol. The summed E-state index contributed by atoms with van der Waals surface area (Å²) in [5.74, 6) is -3.18. The molecular formula is C24H32N4O8. The Labute approximate surface area is 208 Å². The van der Waals surface area contributed by atoms with Crippen LogP contribution in [0.4, 0.5) is 0 Å². The van der Waals surface area contributed by atoms with Gasteiger partial charge in [-0.25, -0.2) is 5.43 Å². The fourth-order valence-corrected chi connectivity index (χ4v) is 3.73. The van der Waals surface area contributed by atoms with Gasteiger partial charge in [-0.15, -0.1) is 0 Å². The summed E-state index contributed by atoms with van der Waals surface area (Å²) in [5, 5.41) is 35.0. The summed E-state index contributed by atoms with van der Waals surface area (Å²) in [7, 11) is 0. The van der Waals surface area contributed by atoms with Gasteiger partial charge in [-0.2, -0.15) is 0 Å². The van der Waals surface area contributed by atoms with Crippen molar-refractivity contribution in [3.63, 3.8) is 0 Å². The quantitative estimate of drug-likeness (QED) is 0.187. The van der Waals surface area contributed by atoms with E-state index in [2.05, 4.69) is 16.1 Å². The molecule has 6 N–H and O–H groups in total. The standard InChI is InChI=1S/C24H32N4O8/c1-13(2)22(23(35)20-10-18(32)11-28(20)27-16(12-29)9-21(33)34)26-24(36)19(25-14(3)30)8-15-4-6-17(31)7-5-15/h4-7,10,12-13,16,18-19,22,27,31-32H,8-9,11H2,1-3H3,(H,25,30)(H,26,36)(H,33,34)/t16?,18?,19-,22-/m0/s1. The number of benzene rings is 1. The Balaban J connectivity index is 2.21. The molecule has 0 fully saturated rings. The van der Waals surface area contributed by atoms with E-state index in [0.29, 0.717) is 11.8 Å². The van der Waals surface area contributed by atoms with Gasteiger partial charge in [-0.05, 0) is 29.7 Å². The van der Waals surface area contributed by atoms with Crippen LogP contribution >= 0.6 is 0 Å². The van der Waals surface area contributed by atoms with Gasteiger partial charge >= 0.3 is 5.97 Å². The number of β-amino-alcohol motifs (C(OH)–C–C–N with tert-alkyl or cyclic N) is 1.